The Labute approximate surface area is 91.3 Å². The minimum atomic E-state index is -1.06. The third-order valence-electron chi connectivity index (χ3n) is 2.45. The maximum Gasteiger partial charge on any atom is 0.348 e. The third kappa shape index (κ3) is 1.88. The van der Waals surface area contributed by atoms with Crippen LogP contribution in [0.15, 0.2) is 23.4 Å². The average Bonchev–Trinajstić information content (AvgIpc) is 2.70. The molecule has 1 aromatic rings. The lowest BCUT2D eigenvalue weighted by molar-refractivity contribution is -0.148. The van der Waals surface area contributed by atoms with E-state index < -0.39 is 12.1 Å². The van der Waals surface area contributed by atoms with Crippen molar-refractivity contribution in [1.82, 2.24) is 0 Å². The molecule has 0 saturated heterocycles. The van der Waals surface area contributed by atoms with Crippen LogP contribution in [0.2, 0.25) is 0 Å². The molecule has 1 heterocycles. The van der Waals surface area contributed by atoms with Gasteiger partial charge in [-0.15, -0.1) is 0 Å². The largest absolute Gasteiger partial charge is 0.478 e. The molecule has 16 heavy (non-hydrogen) atoms. The predicted octanol–water partition coefficient (Wildman–Crippen LogP) is 1.71. The number of hydrogen-bond acceptors (Lipinski definition) is 3. The molecule has 1 atom stereocenters. The van der Waals surface area contributed by atoms with E-state index in [0.29, 0.717) is 11.3 Å². The van der Waals surface area contributed by atoms with Gasteiger partial charge in [0.1, 0.15) is 5.82 Å². The van der Waals surface area contributed by atoms with Crippen LogP contribution in [0.3, 0.4) is 0 Å². The van der Waals surface area contributed by atoms with Crippen molar-refractivity contribution in [2.24, 2.45) is 5.16 Å². The number of nitrogens with zero attached hydrogens (tertiary/aromatic N) is 1. The third-order valence-corrected chi connectivity index (χ3v) is 2.45. The summed E-state index contributed by atoms with van der Waals surface area (Å²) in [4.78, 5) is 15.4. The smallest absolute Gasteiger partial charge is 0.348 e. The highest BCUT2D eigenvalue weighted by Gasteiger charge is 2.29. The van der Waals surface area contributed by atoms with Crippen molar-refractivity contribution in [1.29, 1.82) is 0 Å². The number of benzene rings is 1. The predicted molar refractivity (Wildman–Crippen MR) is 54.8 cm³/mol. The van der Waals surface area contributed by atoms with E-state index in [0.717, 1.165) is 5.56 Å². The normalized spacial score (nSPS) is 19.1. The Morgan fingerprint density at radius 3 is 3.00 bits per heavy atom. The highest BCUT2D eigenvalue weighted by Crippen LogP contribution is 2.20. The number of carboxylic acid groups (broad SMARTS) is 1. The van der Waals surface area contributed by atoms with Crippen LogP contribution in [-0.4, -0.2) is 22.9 Å². The van der Waals surface area contributed by atoms with Crippen molar-refractivity contribution in [3.8, 4) is 0 Å². The number of carboxylic acids is 1. The van der Waals surface area contributed by atoms with Crippen LogP contribution in [0.4, 0.5) is 4.39 Å². The van der Waals surface area contributed by atoms with Gasteiger partial charge in [-0.25, -0.2) is 9.18 Å². The summed E-state index contributed by atoms with van der Waals surface area (Å²) in [5, 5.41) is 12.4. The first-order chi connectivity index (χ1) is 7.58. The molecule has 1 N–H and O–H groups in total. The zero-order valence-corrected chi connectivity index (χ0v) is 8.61. The fourth-order valence-electron chi connectivity index (χ4n) is 1.57. The summed E-state index contributed by atoms with van der Waals surface area (Å²) in [5.41, 5.74) is 1.92. The molecule has 1 aromatic carbocycles. The zero-order chi connectivity index (χ0) is 11.7. The van der Waals surface area contributed by atoms with E-state index in [1.807, 2.05) is 6.92 Å². The second-order valence-corrected chi connectivity index (χ2v) is 3.63. The van der Waals surface area contributed by atoms with Gasteiger partial charge >= 0.3 is 5.97 Å². The van der Waals surface area contributed by atoms with E-state index in [4.69, 9.17) is 9.94 Å². The monoisotopic (exact) mass is 223 g/mol. The van der Waals surface area contributed by atoms with Crippen LogP contribution < -0.4 is 0 Å². The van der Waals surface area contributed by atoms with Gasteiger partial charge in [-0.05, 0) is 24.6 Å². The Bertz CT molecular complexity index is 470. The molecule has 1 aliphatic rings. The molecule has 0 fully saturated rings. The second-order valence-electron chi connectivity index (χ2n) is 3.63. The van der Waals surface area contributed by atoms with Crippen molar-refractivity contribution in [2.45, 2.75) is 19.4 Å². The molecule has 0 spiro atoms. The van der Waals surface area contributed by atoms with E-state index in [1.165, 1.54) is 12.1 Å². The van der Waals surface area contributed by atoms with Gasteiger partial charge in [0.15, 0.2) is 0 Å². The molecule has 1 unspecified atom stereocenters. The van der Waals surface area contributed by atoms with E-state index in [1.54, 1.807) is 6.07 Å². The van der Waals surface area contributed by atoms with Gasteiger partial charge in [0.25, 0.3) is 0 Å². The summed E-state index contributed by atoms with van der Waals surface area (Å²) in [5.74, 6) is -1.44. The van der Waals surface area contributed by atoms with Crippen molar-refractivity contribution >= 4 is 11.7 Å². The van der Waals surface area contributed by atoms with Crippen molar-refractivity contribution in [3.63, 3.8) is 0 Å². The number of aryl methyl sites for hydroxylation is 1. The van der Waals surface area contributed by atoms with Gasteiger partial charge < -0.3 is 9.94 Å². The fourth-order valence-corrected chi connectivity index (χ4v) is 1.57. The Kier molecular flexibility index (Phi) is 2.60. The number of hydrogen-bond donors (Lipinski definition) is 1. The van der Waals surface area contributed by atoms with Crippen LogP contribution in [0.25, 0.3) is 0 Å². The highest BCUT2D eigenvalue weighted by atomic mass is 19.1. The quantitative estimate of drug-likeness (QED) is 0.830. The maximum atomic E-state index is 13.0. The number of halogens is 1. The molecule has 5 heteroatoms. The highest BCUT2D eigenvalue weighted by molar-refractivity contribution is 6.04. The second kappa shape index (κ2) is 3.92. The van der Waals surface area contributed by atoms with Gasteiger partial charge in [0, 0.05) is 12.0 Å². The van der Waals surface area contributed by atoms with Gasteiger partial charge in [0.2, 0.25) is 6.10 Å². The molecule has 0 aliphatic carbocycles. The standard InChI is InChI=1S/C11H10FNO3/c1-6-2-3-7(12)4-8(6)9-5-10(11(14)15)16-13-9/h2-4,10H,5H2,1H3,(H,14,15). The van der Waals surface area contributed by atoms with Crippen LogP contribution in [0.5, 0.6) is 0 Å². The maximum absolute atomic E-state index is 13.0. The minimum absolute atomic E-state index is 0.166. The minimum Gasteiger partial charge on any atom is -0.478 e. The number of aliphatic carboxylic acids is 1. The SMILES string of the molecule is Cc1ccc(F)cc1C1=NOC(C(=O)O)C1. The average molecular weight is 223 g/mol. The Hall–Kier alpha value is -1.91. The van der Waals surface area contributed by atoms with E-state index in [9.17, 15) is 9.18 Å². The first-order valence-corrected chi connectivity index (χ1v) is 4.80. The summed E-state index contributed by atoms with van der Waals surface area (Å²) in [7, 11) is 0. The summed E-state index contributed by atoms with van der Waals surface area (Å²) in [6.07, 6.45) is -0.794. The lowest BCUT2D eigenvalue weighted by Gasteiger charge is -2.04. The topological polar surface area (TPSA) is 58.9 Å². The van der Waals surface area contributed by atoms with Crippen LogP contribution in [0.1, 0.15) is 17.5 Å². The molecular formula is C11H10FNO3. The van der Waals surface area contributed by atoms with Gasteiger partial charge in [0.05, 0.1) is 5.71 Å². The summed E-state index contributed by atoms with van der Waals surface area (Å²) >= 11 is 0. The first kappa shape index (κ1) is 10.6. The van der Waals surface area contributed by atoms with Crippen LogP contribution in [0, 0.1) is 12.7 Å². The lowest BCUT2D eigenvalue weighted by Crippen LogP contribution is -2.20. The van der Waals surface area contributed by atoms with E-state index in [-0.39, 0.29) is 12.2 Å². The number of oxime groups is 1. The summed E-state index contributed by atoms with van der Waals surface area (Å²) in [6, 6.07) is 4.31. The molecule has 1 aliphatic heterocycles. The van der Waals surface area contributed by atoms with Crippen LogP contribution >= 0.6 is 0 Å². The van der Waals surface area contributed by atoms with Crippen molar-refractivity contribution < 1.29 is 19.1 Å². The van der Waals surface area contributed by atoms with E-state index >= 15 is 0 Å². The fraction of sp³-hybridized carbons (Fsp3) is 0.273. The first-order valence-electron chi connectivity index (χ1n) is 4.80. The van der Waals surface area contributed by atoms with Crippen molar-refractivity contribution in [3.05, 3.63) is 35.1 Å². The summed E-state index contributed by atoms with van der Waals surface area (Å²) < 4.78 is 13.0. The molecule has 0 bridgehead atoms. The molecule has 84 valence electrons. The molecule has 0 aromatic heterocycles. The Morgan fingerprint density at radius 1 is 1.62 bits per heavy atom. The van der Waals surface area contributed by atoms with E-state index in [2.05, 4.69) is 5.16 Å². The van der Waals surface area contributed by atoms with Crippen LogP contribution in [-0.2, 0) is 9.63 Å². The molecule has 0 radical (unpaired) electrons. The van der Waals surface area contributed by atoms with Gasteiger partial charge in [-0.3, -0.25) is 0 Å². The molecule has 0 amide bonds. The van der Waals surface area contributed by atoms with Crippen molar-refractivity contribution in [2.75, 3.05) is 0 Å². The molecule has 2 rings (SSSR count). The Morgan fingerprint density at radius 2 is 2.38 bits per heavy atom. The summed E-state index contributed by atoms with van der Waals surface area (Å²) in [6.45, 7) is 1.81. The van der Waals surface area contributed by atoms with Gasteiger partial charge in [-0.2, -0.15) is 0 Å². The Balaban J connectivity index is 2.27. The lowest BCUT2D eigenvalue weighted by atomic mass is 10.0. The molecule has 4 nitrogen and oxygen atoms in total. The number of carbonyl (C=O) groups is 1. The molecular weight excluding hydrogens is 213 g/mol. The number of rotatable bonds is 2. The molecule has 0 saturated carbocycles. The van der Waals surface area contributed by atoms with Gasteiger partial charge in [-0.1, -0.05) is 11.2 Å². The zero-order valence-electron chi connectivity index (χ0n) is 8.61.